The minimum Gasteiger partial charge on any atom is -0.354 e. The summed E-state index contributed by atoms with van der Waals surface area (Å²) in [5.41, 5.74) is -0.110. The molecule has 1 aliphatic heterocycles. The number of amides is 2. The van der Waals surface area contributed by atoms with Crippen molar-refractivity contribution in [3.05, 3.63) is 0 Å². The van der Waals surface area contributed by atoms with Gasteiger partial charge in [0.2, 0.25) is 11.8 Å². The van der Waals surface area contributed by atoms with Crippen LogP contribution in [0.5, 0.6) is 0 Å². The van der Waals surface area contributed by atoms with E-state index < -0.39 is 0 Å². The van der Waals surface area contributed by atoms with Gasteiger partial charge in [-0.2, -0.15) is 0 Å². The Morgan fingerprint density at radius 3 is 2.11 bits per heavy atom. The van der Waals surface area contributed by atoms with E-state index in [1.807, 2.05) is 4.90 Å². The molecule has 6 fully saturated rings. The molecule has 4 bridgehead atoms. The fraction of sp³-hybridized carbons (Fsp3) is 0.913. The Hall–Kier alpha value is -1.06. The van der Waals surface area contributed by atoms with Crippen LogP contribution in [0.1, 0.15) is 83.5 Å². The normalized spacial score (nSPS) is 41.1. The highest BCUT2D eigenvalue weighted by molar-refractivity contribution is 5.91. The second-order valence-corrected chi connectivity index (χ2v) is 10.6. The van der Waals surface area contributed by atoms with Crippen molar-refractivity contribution in [1.29, 1.82) is 0 Å². The van der Waals surface area contributed by atoms with Gasteiger partial charge in [0.1, 0.15) is 6.04 Å². The Bertz CT molecular complexity index is 560. The molecule has 1 unspecified atom stereocenters. The zero-order chi connectivity index (χ0) is 18.4. The molecular formula is C23H36N2O2. The van der Waals surface area contributed by atoms with Crippen molar-refractivity contribution < 1.29 is 9.59 Å². The number of likely N-dealkylation sites (tertiary alicyclic amines) is 1. The van der Waals surface area contributed by atoms with Crippen molar-refractivity contribution in [2.75, 3.05) is 13.1 Å². The van der Waals surface area contributed by atoms with E-state index in [2.05, 4.69) is 5.32 Å². The first-order valence-corrected chi connectivity index (χ1v) is 11.7. The third kappa shape index (κ3) is 3.31. The van der Waals surface area contributed by atoms with E-state index in [1.54, 1.807) is 0 Å². The lowest BCUT2D eigenvalue weighted by atomic mass is 9.49. The van der Waals surface area contributed by atoms with E-state index in [-0.39, 0.29) is 17.4 Å². The SMILES string of the molecule is O=C(NCC1CCCCC1)C1CCCN1C(=O)C12CC3CC(CC(C3)C1)C2. The van der Waals surface area contributed by atoms with Gasteiger partial charge in [0.05, 0.1) is 5.41 Å². The Labute approximate surface area is 163 Å². The molecule has 4 nitrogen and oxygen atoms in total. The molecule has 0 aromatic carbocycles. The molecule has 1 atom stereocenters. The average Bonchev–Trinajstić information content (AvgIpc) is 3.15. The minimum absolute atomic E-state index is 0.110. The number of carbonyl (C=O) groups is 2. The summed E-state index contributed by atoms with van der Waals surface area (Å²) < 4.78 is 0. The highest BCUT2D eigenvalue weighted by atomic mass is 16.2. The molecule has 6 aliphatic rings. The van der Waals surface area contributed by atoms with E-state index in [9.17, 15) is 9.59 Å². The van der Waals surface area contributed by atoms with Crippen molar-refractivity contribution in [3.63, 3.8) is 0 Å². The summed E-state index contributed by atoms with van der Waals surface area (Å²) in [4.78, 5) is 28.6. The van der Waals surface area contributed by atoms with E-state index in [4.69, 9.17) is 0 Å². The standard InChI is InChI=1S/C23H36N2O2/c26-21(24-15-16-5-2-1-3-6-16)20-7-4-8-25(20)22(27)23-12-17-9-18(13-23)11-19(10-17)14-23/h16-20H,1-15H2,(H,24,26). The zero-order valence-corrected chi connectivity index (χ0v) is 16.8. The molecular weight excluding hydrogens is 336 g/mol. The van der Waals surface area contributed by atoms with Gasteiger partial charge < -0.3 is 10.2 Å². The van der Waals surface area contributed by atoms with Crippen LogP contribution in [0.15, 0.2) is 0 Å². The maximum atomic E-state index is 13.7. The number of hydrogen-bond donors (Lipinski definition) is 1. The highest BCUT2D eigenvalue weighted by Gasteiger charge is 2.56. The van der Waals surface area contributed by atoms with E-state index >= 15 is 0 Å². The quantitative estimate of drug-likeness (QED) is 0.814. The first-order valence-electron chi connectivity index (χ1n) is 11.7. The second-order valence-electron chi connectivity index (χ2n) is 10.6. The Balaban J connectivity index is 1.24. The third-order valence-electron chi connectivity index (χ3n) is 8.60. The fourth-order valence-electron chi connectivity index (χ4n) is 7.71. The Kier molecular flexibility index (Phi) is 4.72. The van der Waals surface area contributed by atoms with Gasteiger partial charge in [-0.25, -0.2) is 0 Å². The lowest BCUT2D eigenvalue weighted by molar-refractivity contribution is -0.160. The maximum Gasteiger partial charge on any atom is 0.242 e. The summed E-state index contributed by atoms with van der Waals surface area (Å²) in [6, 6.07) is -0.200. The van der Waals surface area contributed by atoms with Gasteiger partial charge in [-0.05, 0) is 87.9 Å². The molecule has 0 radical (unpaired) electrons. The smallest absolute Gasteiger partial charge is 0.242 e. The van der Waals surface area contributed by atoms with Crippen LogP contribution < -0.4 is 5.32 Å². The topological polar surface area (TPSA) is 49.4 Å². The summed E-state index contributed by atoms with van der Waals surface area (Å²) in [7, 11) is 0. The van der Waals surface area contributed by atoms with Gasteiger partial charge in [-0.15, -0.1) is 0 Å². The number of carbonyl (C=O) groups excluding carboxylic acids is 2. The summed E-state index contributed by atoms with van der Waals surface area (Å²) in [5, 5.41) is 3.22. The van der Waals surface area contributed by atoms with Crippen molar-refractivity contribution in [3.8, 4) is 0 Å². The van der Waals surface area contributed by atoms with Gasteiger partial charge in [-0.3, -0.25) is 9.59 Å². The molecule has 150 valence electrons. The van der Waals surface area contributed by atoms with E-state index in [0.29, 0.717) is 11.8 Å². The second kappa shape index (κ2) is 7.08. The van der Waals surface area contributed by atoms with Crippen LogP contribution in [0.2, 0.25) is 0 Å². The van der Waals surface area contributed by atoms with Gasteiger partial charge >= 0.3 is 0 Å². The van der Waals surface area contributed by atoms with Crippen molar-refractivity contribution >= 4 is 11.8 Å². The van der Waals surface area contributed by atoms with Crippen LogP contribution >= 0.6 is 0 Å². The molecule has 1 N–H and O–H groups in total. The van der Waals surface area contributed by atoms with Crippen LogP contribution in [0.4, 0.5) is 0 Å². The third-order valence-corrected chi connectivity index (χ3v) is 8.60. The van der Waals surface area contributed by atoms with Gasteiger partial charge in [0.25, 0.3) is 0 Å². The number of hydrogen-bond acceptors (Lipinski definition) is 2. The summed E-state index contributed by atoms with van der Waals surface area (Å²) >= 11 is 0. The van der Waals surface area contributed by atoms with Crippen LogP contribution in [-0.4, -0.2) is 35.8 Å². The van der Waals surface area contributed by atoms with Crippen LogP contribution in [0, 0.1) is 29.1 Å². The van der Waals surface area contributed by atoms with E-state index in [0.717, 1.165) is 62.9 Å². The Morgan fingerprint density at radius 1 is 0.852 bits per heavy atom. The van der Waals surface area contributed by atoms with Crippen molar-refractivity contribution in [1.82, 2.24) is 10.2 Å². The molecule has 5 saturated carbocycles. The molecule has 0 aromatic heterocycles. The van der Waals surface area contributed by atoms with Crippen LogP contribution in [0.3, 0.4) is 0 Å². The zero-order valence-electron chi connectivity index (χ0n) is 16.8. The average molecular weight is 373 g/mol. The largest absolute Gasteiger partial charge is 0.354 e. The monoisotopic (exact) mass is 372 g/mol. The maximum absolute atomic E-state index is 13.7. The predicted molar refractivity (Wildman–Crippen MR) is 105 cm³/mol. The number of nitrogens with one attached hydrogen (secondary N) is 1. The van der Waals surface area contributed by atoms with Gasteiger partial charge in [-0.1, -0.05) is 19.3 Å². The van der Waals surface area contributed by atoms with Gasteiger partial charge in [0, 0.05) is 13.1 Å². The molecule has 5 aliphatic carbocycles. The number of nitrogens with zero attached hydrogens (tertiary/aromatic N) is 1. The summed E-state index contributed by atoms with van der Waals surface area (Å²) in [5.74, 6) is 3.45. The van der Waals surface area contributed by atoms with E-state index in [1.165, 1.54) is 51.4 Å². The molecule has 1 saturated heterocycles. The summed E-state index contributed by atoms with van der Waals surface area (Å²) in [6.07, 6.45) is 15.7. The minimum atomic E-state index is -0.200. The fourth-order valence-corrected chi connectivity index (χ4v) is 7.71. The molecule has 27 heavy (non-hydrogen) atoms. The van der Waals surface area contributed by atoms with Gasteiger partial charge in [0.15, 0.2) is 0 Å². The van der Waals surface area contributed by atoms with Crippen LogP contribution in [0.25, 0.3) is 0 Å². The van der Waals surface area contributed by atoms with Crippen molar-refractivity contribution in [2.24, 2.45) is 29.1 Å². The Morgan fingerprint density at radius 2 is 1.48 bits per heavy atom. The lowest BCUT2D eigenvalue weighted by Gasteiger charge is -2.56. The lowest BCUT2D eigenvalue weighted by Crippen LogP contribution is -2.57. The molecule has 1 heterocycles. The molecule has 0 spiro atoms. The molecule has 2 amide bonds. The van der Waals surface area contributed by atoms with Crippen molar-refractivity contribution in [2.45, 2.75) is 89.5 Å². The molecule has 6 rings (SSSR count). The first kappa shape index (κ1) is 18.0. The highest BCUT2D eigenvalue weighted by Crippen LogP contribution is 2.60. The number of rotatable bonds is 4. The molecule has 4 heteroatoms. The van der Waals surface area contributed by atoms with Crippen LogP contribution in [-0.2, 0) is 9.59 Å². The molecule has 0 aromatic rings. The first-order chi connectivity index (χ1) is 13.1. The summed E-state index contributed by atoms with van der Waals surface area (Å²) in [6.45, 7) is 1.61. The predicted octanol–water partition coefficient (Wildman–Crippen LogP) is 3.89.